The third-order valence-electron chi connectivity index (χ3n) is 5.64. The molecule has 0 saturated heterocycles. The van der Waals surface area contributed by atoms with E-state index in [9.17, 15) is 5.11 Å². The van der Waals surface area contributed by atoms with Gasteiger partial charge in [0.25, 0.3) is 0 Å². The standard InChI is InChI=1S/C23H34OSi/c1-18(2)20-13-15-21(16-14-20)23(24)19(3)10-9-17-25(4,5)22-11-7-6-8-12-22/h6-12,15,19-20,23-24H,1,13-14,16-17H2,2-5H3/b10-9+/t19?,20-,23?/m0/s1. The Labute approximate surface area is 155 Å². The lowest BCUT2D eigenvalue weighted by Crippen LogP contribution is -2.40. The van der Waals surface area contributed by atoms with Gasteiger partial charge in [0.15, 0.2) is 0 Å². The molecule has 0 aromatic heterocycles. The molecule has 3 atom stereocenters. The Morgan fingerprint density at radius 3 is 2.56 bits per heavy atom. The summed E-state index contributed by atoms with van der Waals surface area (Å²) in [6.07, 6.45) is 9.58. The summed E-state index contributed by atoms with van der Waals surface area (Å²) in [5, 5.41) is 12.2. The fraction of sp³-hybridized carbons (Fsp3) is 0.478. The minimum absolute atomic E-state index is 0.174. The molecule has 1 N–H and O–H groups in total. The number of rotatable bonds is 7. The monoisotopic (exact) mass is 354 g/mol. The van der Waals surface area contributed by atoms with E-state index in [1.165, 1.54) is 16.3 Å². The van der Waals surface area contributed by atoms with Crippen LogP contribution in [0.5, 0.6) is 0 Å². The first-order valence-electron chi connectivity index (χ1n) is 9.56. The fourth-order valence-corrected chi connectivity index (χ4v) is 5.65. The zero-order valence-electron chi connectivity index (χ0n) is 16.3. The molecule has 0 amide bonds. The Morgan fingerprint density at radius 2 is 2.00 bits per heavy atom. The third kappa shape index (κ3) is 5.55. The van der Waals surface area contributed by atoms with E-state index in [1.807, 2.05) is 0 Å². The normalized spacial score (nSPS) is 21.0. The van der Waals surface area contributed by atoms with Gasteiger partial charge in [-0.3, -0.25) is 0 Å². The molecule has 1 aliphatic rings. The van der Waals surface area contributed by atoms with Crippen LogP contribution in [0.15, 0.2) is 66.3 Å². The van der Waals surface area contributed by atoms with Crippen molar-refractivity contribution in [2.75, 3.05) is 0 Å². The summed E-state index contributed by atoms with van der Waals surface area (Å²) in [7, 11) is -1.44. The number of aliphatic hydroxyl groups is 1. The highest BCUT2D eigenvalue weighted by Gasteiger charge is 2.24. The van der Waals surface area contributed by atoms with Crippen molar-refractivity contribution in [3.8, 4) is 0 Å². The number of benzene rings is 1. The average Bonchev–Trinajstić information content (AvgIpc) is 2.61. The fourth-order valence-electron chi connectivity index (χ4n) is 3.60. The molecule has 1 aromatic rings. The zero-order chi connectivity index (χ0) is 18.4. The molecule has 0 fully saturated rings. The molecule has 1 nitrogen and oxygen atoms in total. The summed E-state index contributed by atoms with van der Waals surface area (Å²) in [4.78, 5) is 0. The van der Waals surface area contributed by atoms with E-state index in [-0.39, 0.29) is 12.0 Å². The Morgan fingerprint density at radius 1 is 1.32 bits per heavy atom. The third-order valence-corrected chi connectivity index (χ3v) is 8.80. The zero-order valence-corrected chi connectivity index (χ0v) is 17.3. The van der Waals surface area contributed by atoms with E-state index in [0.29, 0.717) is 5.92 Å². The lowest BCUT2D eigenvalue weighted by Gasteiger charge is -2.27. The van der Waals surface area contributed by atoms with Crippen LogP contribution in [-0.4, -0.2) is 19.3 Å². The van der Waals surface area contributed by atoms with Gasteiger partial charge in [-0.25, -0.2) is 0 Å². The highest BCUT2D eigenvalue weighted by molar-refractivity contribution is 6.90. The number of hydrogen-bond acceptors (Lipinski definition) is 1. The SMILES string of the molecule is C=C(C)[C@H]1CC=C(C(O)C(C)/C=C/C[Si](C)(C)c2ccccc2)CC1. The van der Waals surface area contributed by atoms with E-state index in [1.54, 1.807) is 0 Å². The van der Waals surface area contributed by atoms with Gasteiger partial charge in [-0.05, 0) is 43.7 Å². The van der Waals surface area contributed by atoms with Crippen LogP contribution in [0.25, 0.3) is 0 Å². The Hall–Kier alpha value is -1.38. The predicted octanol–water partition coefficient (Wildman–Crippen LogP) is 5.46. The molecule has 136 valence electrons. The summed E-state index contributed by atoms with van der Waals surface area (Å²) in [5.41, 5.74) is 2.49. The number of aliphatic hydroxyl groups excluding tert-OH is 1. The molecule has 0 aliphatic heterocycles. The molecule has 2 rings (SSSR count). The first-order valence-corrected chi connectivity index (χ1v) is 12.8. The highest BCUT2D eigenvalue weighted by atomic mass is 28.3. The Kier molecular flexibility index (Phi) is 7.03. The van der Waals surface area contributed by atoms with Crippen molar-refractivity contribution in [2.24, 2.45) is 11.8 Å². The van der Waals surface area contributed by atoms with Crippen molar-refractivity contribution in [1.82, 2.24) is 0 Å². The van der Waals surface area contributed by atoms with Gasteiger partial charge in [0.2, 0.25) is 0 Å². The second-order valence-electron chi connectivity index (χ2n) is 8.28. The first kappa shape index (κ1) is 19.9. The Balaban J connectivity index is 1.92. The molecule has 1 aromatic carbocycles. The molecule has 25 heavy (non-hydrogen) atoms. The summed E-state index contributed by atoms with van der Waals surface area (Å²) < 4.78 is 0. The van der Waals surface area contributed by atoms with Crippen LogP contribution in [0.1, 0.15) is 33.1 Å². The van der Waals surface area contributed by atoms with Gasteiger partial charge in [0.1, 0.15) is 0 Å². The first-order chi connectivity index (χ1) is 11.8. The van der Waals surface area contributed by atoms with Crippen molar-refractivity contribution >= 4 is 13.3 Å². The van der Waals surface area contributed by atoms with E-state index in [4.69, 9.17) is 0 Å². The average molecular weight is 355 g/mol. The van der Waals surface area contributed by atoms with Gasteiger partial charge in [-0.15, -0.1) is 0 Å². The minimum atomic E-state index is -1.44. The minimum Gasteiger partial charge on any atom is -0.388 e. The van der Waals surface area contributed by atoms with Crippen molar-refractivity contribution in [3.63, 3.8) is 0 Å². The van der Waals surface area contributed by atoms with E-state index < -0.39 is 8.07 Å². The van der Waals surface area contributed by atoms with E-state index in [2.05, 4.69) is 82.1 Å². The molecule has 0 heterocycles. The quantitative estimate of drug-likeness (QED) is 0.509. The molecule has 2 unspecified atom stereocenters. The van der Waals surface area contributed by atoms with Crippen LogP contribution in [0.2, 0.25) is 19.1 Å². The van der Waals surface area contributed by atoms with Gasteiger partial charge in [-0.2, -0.15) is 0 Å². The number of hydrogen-bond donors (Lipinski definition) is 1. The summed E-state index contributed by atoms with van der Waals surface area (Å²) >= 11 is 0. The van der Waals surface area contributed by atoms with E-state index in [0.717, 1.165) is 25.3 Å². The van der Waals surface area contributed by atoms with Crippen LogP contribution in [0, 0.1) is 11.8 Å². The van der Waals surface area contributed by atoms with Crippen molar-refractivity contribution in [3.05, 3.63) is 66.3 Å². The molecule has 0 bridgehead atoms. The van der Waals surface area contributed by atoms with Gasteiger partial charge in [0.05, 0.1) is 14.2 Å². The predicted molar refractivity (Wildman–Crippen MR) is 113 cm³/mol. The van der Waals surface area contributed by atoms with E-state index >= 15 is 0 Å². The van der Waals surface area contributed by atoms with Crippen LogP contribution >= 0.6 is 0 Å². The molecule has 1 aliphatic carbocycles. The summed E-state index contributed by atoms with van der Waals surface area (Å²) in [6, 6.07) is 12.0. The van der Waals surface area contributed by atoms with Crippen LogP contribution < -0.4 is 5.19 Å². The van der Waals surface area contributed by atoms with Gasteiger partial charge in [-0.1, -0.05) is 85.9 Å². The molecular weight excluding hydrogens is 320 g/mol. The maximum Gasteiger partial charge on any atom is 0.0843 e. The van der Waals surface area contributed by atoms with Gasteiger partial charge >= 0.3 is 0 Å². The van der Waals surface area contributed by atoms with Gasteiger partial charge in [0, 0.05) is 5.92 Å². The van der Waals surface area contributed by atoms with Crippen LogP contribution in [0.3, 0.4) is 0 Å². The van der Waals surface area contributed by atoms with Crippen LogP contribution in [-0.2, 0) is 0 Å². The van der Waals surface area contributed by atoms with Crippen molar-refractivity contribution in [2.45, 2.75) is 58.4 Å². The second kappa shape index (κ2) is 8.82. The lowest BCUT2D eigenvalue weighted by atomic mass is 9.82. The molecule has 0 spiro atoms. The smallest absolute Gasteiger partial charge is 0.0843 e. The van der Waals surface area contributed by atoms with Gasteiger partial charge < -0.3 is 5.11 Å². The lowest BCUT2D eigenvalue weighted by molar-refractivity contribution is 0.165. The van der Waals surface area contributed by atoms with Crippen molar-refractivity contribution in [1.29, 1.82) is 0 Å². The highest BCUT2D eigenvalue weighted by Crippen LogP contribution is 2.31. The molecule has 0 radical (unpaired) electrons. The van der Waals surface area contributed by atoms with Crippen molar-refractivity contribution < 1.29 is 5.11 Å². The topological polar surface area (TPSA) is 20.2 Å². The summed E-state index contributed by atoms with van der Waals surface area (Å²) in [6.45, 7) is 13.1. The molecule has 2 heteroatoms. The molecule has 0 saturated carbocycles. The Bertz CT molecular complexity index is 627. The second-order valence-corrected chi connectivity index (χ2v) is 13.0. The number of allylic oxidation sites excluding steroid dienone is 3. The maximum atomic E-state index is 10.7. The van der Waals surface area contributed by atoms with Crippen LogP contribution in [0.4, 0.5) is 0 Å². The molecular formula is C23H34OSi. The summed E-state index contributed by atoms with van der Waals surface area (Å²) in [5.74, 6) is 0.771. The maximum absolute atomic E-state index is 10.7. The largest absolute Gasteiger partial charge is 0.388 e.